The molecule has 122 valence electrons. The molecule has 2 heterocycles. The first-order valence-electron chi connectivity index (χ1n) is 7.35. The van der Waals surface area contributed by atoms with E-state index in [1.165, 1.54) is 12.6 Å². The SMILES string of the molecule is CC(NC(=O)Cc1ccc(N)cn1)C(=O)N1CCCCC1.Cl. The van der Waals surface area contributed by atoms with Gasteiger partial charge in [-0.2, -0.15) is 0 Å². The smallest absolute Gasteiger partial charge is 0.244 e. The average molecular weight is 327 g/mol. The summed E-state index contributed by atoms with van der Waals surface area (Å²) in [6.45, 7) is 3.31. The van der Waals surface area contributed by atoms with E-state index in [4.69, 9.17) is 5.73 Å². The second-order valence-electron chi connectivity index (χ2n) is 5.43. The van der Waals surface area contributed by atoms with E-state index in [2.05, 4.69) is 10.3 Å². The van der Waals surface area contributed by atoms with Gasteiger partial charge in [0.25, 0.3) is 0 Å². The molecule has 1 aliphatic rings. The van der Waals surface area contributed by atoms with E-state index >= 15 is 0 Å². The molecular formula is C15H23ClN4O2. The van der Waals surface area contributed by atoms with Crippen LogP contribution in [0.25, 0.3) is 0 Å². The molecular weight excluding hydrogens is 304 g/mol. The van der Waals surface area contributed by atoms with E-state index in [0.29, 0.717) is 11.4 Å². The maximum absolute atomic E-state index is 12.2. The normalized spacial score (nSPS) is 15.6. The molecule has 2 rings (SSSR count). The number of nitrogens with two attached hydrogens (primary N) is 1. The third-order valence-corrected chi connectivity index (χ3v) is 3.60. The molecule has 1 aliphatic heterocycles. The number of nitrogens with zero attached hydrogens (tertiary/aromatic N) is 2. The molecule has 1 aromatic rings. The fourth-order valence-corrected chi connectivity index (χ4v) is 2.45. The van der Waals surface area contributed by atoms with Gasteiger partial charge in [0.1, 0.15) is 6.04 Å². The number of piperidine rings is 1. The summed E-state index contributed by atoms with van der Waals surface area (Å²) >= 11 is 0. The molecule has 6 nitrogen and oxygen atoms in total. The second kappa shape index (κ2) is 8.58. The van der Waals surface area contributed by atoms with Gasteiger partial charge in [0.2, 0.25) is 11.8 Å². The first-order valence-corrected chi connectivity index (χ1v) is 7.35. The van der Waals surface area contributed by atoms with E-state index < -0.39 is 6.04 Å². The largest absolute Gasteiger partial charge is 0.397 e. The molecule has 7 heteroatoms. The Labute approximate surface area is 136 Å². The summed E-state index contributed by atoms with van der Waals surface area (Å²) in [7, 11) is 0. The number of hydrogen-bond donors (Lipinski definition) is 2. The van der Waals surface area contributed by atoms with Crippen molar-refractivity contribution in [2.24, 2.45) is 0 Å². The number of aromatic nitrogens is 1. The minimum atomic E-state index is -0.496. The minimum Gasteiger partial charge on any atom is -0.397 e. The van der Waals surface area contributed by atoms with Crippen LogP contribution in [-0.4, -0.2) is 40.8 Å². The van der Waals surface area contributed by atoms with Crippen LogP contribution in [0.5, 0.6) is 0 Å². The molecule has 0 spiro atoms. The molecule has 2 amide bonds. The van der Waals surface area contributed by atoms with Gasteiger partial charge in [-0.05, 0) is 38.3 Å². The van der Waals surface area contributed by atoms with Crippen molar-refractivity contribution in [2.45, 2.75) is 38.6 Å². The Morgan fingerprint density at radius 2 is 2.00 bits per heavy atom. The third-order valence-electron chi connectivity index (χ3n) is 3.60. The summed E-state index contributed by atoms with van der Waals surface area (Å²) in [6, 6.07) is 2.92. The van der Waals surface area contributed by atoms with Gasteiger partial charge in [-0.1, -0.05) is 0 Å². The number of carbonyl (C=O) groups excluding carboxylic acids is 2. The number of pyridine rings is 1. The van der Waals surface area contributed by atoms with Gasteiger partial charge in [0, 0.05) is 18.8 Å². The molecule has 22 heavy (non-hydrogen) atoms. The molecule has 0 bridgehead atoms. The number of halogens is 1. The highest BCUT2D eigenvalue weighted by atomic mass is 35.5. The van der Waals surface area contributed by atoms with Crippen LogP contribution in [0.2, 0.25) is 0 Å². The first-order chi connectivity index (χ1) is 10.1. The van der Waals surface area contributed by atoms with E-state index in [0.717, 1.165) is 25.9 Å². The highest BCUT2D eigenvalue weighted by molar-refractivity contribution is 5.88. The van der Waals surface area contributed by atoms with Crippen LogP contribution < -0.4 is 11.1 Å². The lowest BCUT2D eigenvalue weighted by atomic mass is 10.1. The fraction of sp³-hybridized carbons (Fsp3) is 0.533. The van der Waals surface area contributed by atoms with Gasteiger partial charge >= 0.3 is 0 Å². The van der Waals surface area contributed by atoms with Crippen LogP contribution in [0.15, 0.2) is 18.3 Å². The summed E-state index contributed by atoms with van der Waals surface area (Å²) < 4.78 is 0. The Balaban J connectivity index is 0.00000242. The van der Waals surface area contributed by atoms with Crippen LogP contribution >= 0.6 is 12.4 Å². The van der Waals surface area contributed by atoms with Crippen molar-refractivity contribution in [1.29, 1.82) is 0 Å². The van der Waals surface area contributed by atoms with E-state index in [-0.39, 0.29) is 30.6 Å². The third kappa shape index (κ3) is 5.18. The van der Waals surface area contributed by atoms with E-state index in [1.54, 1.807) is 19.1 Å². The molecule has 1 aromatic heterocycles. The number of hydrogen-bond acceptors (Lipinski definition) is 4. The van der Waals surface area contributed by atoms with Crippen molar-refractivity contribution >= 4 is 29.9 Å². The maximum Gasteiger partial charge on any atom is 0.244 e. The molecule has 1 unspecified atom stereocenters. The summed E-state index contributed by atoms with van der Waals surface area (Å²) in [4.78, 5) is 30.1. The van der Waals surface area contributed by atoms with Crippen molar-refractivity contribution < 1.29 is 9.59 Å². The van der Waals surface area contributed by atoms with Gasteiger partial charge in [-0.15, -0.1) is 12.4 Å². The lowest BCUT2D eigenvalue weighted by Gasteiger charge is -2.29. The van der Waals surface area contributed by atoms with Crippen molar-refractivity contribution in [1.82, 2.24) is 15.2 Å². The zero-order chi connectivity index (χ0) is 15.2. The van der Waals surface area contributed by atoms with Crippen molar-refractivity contribution in [3.05, 3.63) is 24.0 Å². The topological polar surface area (TPSA) is 88.3 Å². The Kier molecular flexibility index (Phi) is 7.11. The van der Waals surface area contributed by atoms with Gasteiger partial charge in [0.05, 0.1) is 18.3 Å². The quantitative estimate of drug-likeness (QED) is 0.868. The van der Waals surface area contributed by atoms with E-state index in [1.807, 2.05) is 4.90 Å². The lowest BCUT2D eigenvalue weighted by molar-refractivity contribution is -0.136. The van der Waals surface area contributed by atoms with Gasteiger partial charge in [-0.3, -0.25) is 14.6 Å². The Morgan fingerprint density at radius 3 is 2.59 bits per heavy atom. The summed E-state index contributed by atoms with van der Waals surface area (Å²) in [5.74, 6) is -0.210. The Hall–Kier alpha value is -1.82. The molecule has 3 N–H and O–H groups in total. The van der Waals surface area contributed by atoms with E-state index in [9.17, 15) is 9.59 Å². The standard InChI is InChI=1S/C15H22N4O2.ClH/c1-11(15(21)19-7-3-2-4-8-19)18-14(20)9-13-6-5-12(16)10-17-13;/h5-6,10-11H,2-4,7-9,16H2,1H3,(H,18,20);1H. The van der Waals surface area contributed by atoms with Crippen LogP contribution in [0, 0.1) is 0 Å². The highest BCUT2D eigenvalue weighted by Gasteiger charge is 2.23. The molecule has 1 fully saturated rings. The number of amides is 2. The summed E-state index contributed by atoms with van der Waals surface area (Å²) in [5.41, 5.74) is 6.75. The van der Waals surface area contributed by atoms with Crippen LogP contribution in [0.1, 0.15) is 31.9 Å². The highest BCUT2D eigenvalue weighted by Crippen LogP contribution is 2.10. The second-order valence-corrected chi connectivity index (χ2v) is 5.43. The minimum absolute atomic E-state index is 0. The molecule has 0 aromatic carbocycles. The molecule has 1 atom stereocenters. The molecule has 0 radical (unpaired) electrons. The summed E-state index contributed by atoms with van der Waals surface area (Å²) in [6.07, 6.45) is 4.93. The fourth-order valence-electron chi connectivity index (χ4n) is 2.45. The van der Waals surface area contributed by atoms with Crippen molar-refractivity contribution in [2.75, 3.05) is 18.8 Å². The predicted octanol–water partition coefficient (Wildman–Crippen LogP) is 1.15. The number of likely N-dealkylation sites (tertiary alicyclic amines) is 1. The van der Waals surface area contributed by atoms with Crippen LogP contribution in [-0.2, 0) is 16.0 Å². The predicted molar refractivity (Wildman–Crippen MR) is 87.6 cm³/mol. The van der Waals surface area contributed by atoms with Gasteiger partial charge in [-0.25, -0.2) is 0 Å². The Morgan fingerprint density at radius 1 is 1.32 bits per heavy atom. The van der Waals surface area contributed by atoms with Crippen LogP contribution in [0.3, 0.4) is 0 Å². The molecule has 0 saturated carbocycles. The first kappa shape index (κ1) is 18.2. The maximum atomic E-state index is 12.2. The van der Waals surface area contributed by atoms with Gasteiger partial charge < -0.3 is 16.0 Å². The monoisotopic (exact) mass is 326 g/mol. The number of carbonyl (C=O) groups is 2. The van der Waals surface area contributed by atoms with Crippen molar-refractivity contribution in [3.63, 3.8) is 0 Å². The number of anilines is 1. The number of nitrogens with one attached hydrogen (secondary N) is 1. The molecule has 0 aliphatic carbocycles. The Bertz CT molecular complexity index is 501. The number of rotatable bonds is 4. The average Bonchev–Trinajstić information content (AvgIpc) is 2.49. The number of nitrogen functional groups attached to an aromatic ring is 1. The van der Waals surface area contributed by atoms with Crippen molar-refractivity contribution in [3.8, 4) is 0 Å². The van der Waals surface area contributed by atoms with Crippen LogP contribution in [0.4, 0.5) is 5.69 Å². The zero-order valence-electron chi connectivity index (χ0n) is 12.7. The summed E-state index contributed by atoms with van der Waals surface area (Å²) in [5, 5.41) is 2.74. The molecule has 1 saturated heterocycles. The lowest BCUT2D eigenvalue weighted by Crippen LogP contribution is -2.48. The zero-order valence-corrected chi connectivity index (χ0v) is 13.6. The van der Waals surface area contributed by atoms with Gasteiger partial charge in [0.15, 0.2) is 0 Å².